The van der Waals surface area contributed by atoms with Gasteiger partial charge in [0.2, 0.25) is 5.91 Å². The minimum absolute atomic E-state index is 0.0511. The number of carbonyl (C=O) groups excluding carboxylic acids is 2. The molecule has 1 aromatic carbocycles. The third kappa shape index (κ3) is 3.86. The highest BCUT2D eigenvalue weighted by Crippen LogP contribution is 2.31. The molecule has 0 bridgehead atoms. The minimum Gasteiger partial charge on any atom is -0.459 e. The number of halogens is 1. The summed E-state index contributed by atoms with van der Waals surface area (Å²) in [7, 11) is 0. The first-order chi connectivity index (χ1) is 13.6. The number of piperidine rings is 2. The van der Waals surface area contributed by atoms with Crippen molar-refractivity contribution in [2.24, 2.45) is 5.92 Å². The Morgan fingerprint density at radius 3 is 2.82 bits per heavy atom. The first-order valence-corrected chi connectivity index (χ1v) is 9.69. The summed E-state index contributed by atoms with van der Waals surface area (Å²) in [5, 5.41) is 0. The van der Waals surface area contributed by atoms with Gasteiger partial charge in [-0.05, 0) is 61.1 Å². The van der Waals surface area contributed by atoms with E-state index in [0.717, 1.165) is 25.8 Å². The van der Waals surface area contributed by atoms with E-state index < -0.39 is 0 Å². The number of furan rings is 1. The Bertz CT molecular complexity index is 878. The average Bonchev–Trinajstić information content (AvgIpc) is 3.25. The number of rotatable bonds is 3. The van der Waals surface area contributed by atoms with Crippen LogP contribution in [0.1, 0.15) is 35.4 Å². The number of nitrogens with zero attached hydrogens (tertiary/aromatic N) is 2. The molecule has 2 amide bonds. The van der Waals surface area contributed by atoms with Crippen LogP contribution in [0.2, 0.25) is 0 Å². The first kappa shape index (κ1) is 18.5. The lowest BCUT2D eigenvalue weighted by Crippen LogP contribution is -2.56. The SMILES string of the molecule is O=C(c1ccco1)N1CC[C@H]2[C@H](CCCN2C(=O)C=Cc2cccc(F)c2)C1. The second kappa shape index (κ2) is 8.00. The molecule has 2 saturated heterocycles. The normalized spacial score (nSPS) is 22.3. The standard InChI is InChI=1S/C22H23FN2O3/c23-18-6-1-4-16(14-18)8-9-21(26)25-11-2-5-17-15-24(12-10-19(17)25)22(27)20-7-3-13-28-20/h1,3-4,6-9,13-14,17,19H,2,5,10-12,15H2/t17-,19+/m1/s1. The summed E-state index contributed by atoms with van der Waals surface area (Å²) in [5.74, 6) is 0.178. The summed E-state index contributed by atoms with van der Waals surface area (Å²) in [6.07, 6.45) is 7.37. The van der Waals surface area contributed by atoms with Gasteiger partial charge in [-0.15, -0.1) is 0 Å². The van der Waals surface area contributed by atoms with Crippen molar-refractivity contribution >= 4 is 17.9 Å². The molecule has 2 fully saturated rings. The van der Waals surface area contributed by atoms with Gasteiger partial charge >= 0.3 is 0 Å². The average molecular weight is 382 g/mol. The van der Waals surface area contributed by atoms with Crippen LogP contribution in [-0.4, -0.2) is 47.3 Å². The zero-order valence-electron chi connectivity index (χ0n) is 15.6. The van der Waals surface area contributed by atoms with E-state index in [1.54, 1.807) is 30.3 Å². The lowest BCUT2D eigenvalue weighted by molar-refractivity contribution is -0.132. The van der Waals surface area contributed by atoms with Gasteiger partial charge in [0.05, 0.1) is 6.26 Å². The molecule has 6 heteroatoms. The van der Waals surface area contributed by atoms with Crippen molar-refractivity contribution in [3.8, 4) is 0 Å². The van der Waals surface area contributed by atoms with Crippen molar-refractivity contribution in [2.75, 3.05) is 19.6 Å². The van der Waals surface area contributed by atoms with Crippen LogP contribution < -0.4 is 0 Å². The van der Waals surface area contributed by atoms with E-state index in [1.807, 2.05) is 9.80 Å². The van der Waals surface area contributed by atoms with Crippen LogP contribution in [0, 0.1) is 11.7 Å². The van der Waals surface area contributed by atoms with Crippen LogP contribution in [0.25, 0.3) is 6.08 Å². The molecule has 0 aliphatic carbocycles. The van der Waals surface area contributed by atoms with E-state index >= 15 is 0 Å². The van der Waals surface area contributed by atoms with Gasteiger partial charge in [0.25, 0.3) is 5.91 Å². The van der Waals surface area contributed by atoms with Crippen molar-refractivity contribution in [1.82, 2.24) is 9.80 Å². The summed E-state index contributed by atoms with van der Waals surface area (Å²) in [6, 6.07) is 9.72. The van der Waals surface area contributed by atoms with E-state index in [1.165, 1.54) is 24.5 Å². The van der Waals surface area contributed by atoms with Crippen molar-refractivity contribution in [2.45, 2.75) is 25.3 Å². The third-order valence-corrected chi connectivity index (χ3v) is 5.64. The minimum atomic E-state index is -0.318. The summed E-state index contributed by atoms with van der Waals surface area (Å²) in [6.45, 7) is 1.97. The van der Waals surface area contributed by atoms with Gasteiger partial charge in [-0.25, -0.2) is 4.39 Å². The molecule has 4 rings (SSSR count). The zero-order valence-corrected chi connectivity index (χ0v) is 15.6. The lowest BCUT2D eigenvalue weighted by atomic mass is 9.83. The maximum Gasteiger partial charge on any atom is 0.289 e. The van der Waals surface area contributed by atoms with Gasteiger partial charge in [-0.1, -0.05) is 12.1 Å². The van der Waals surface area contributed by atoms with Gasteiger partial charge in [-0.2, -0.15) is 0 Å². The Morgan fingerprint density at radius 1 is 1.14 bits per heavy atom. The number of carbonyl (C=O) groups is 2. The summed E-state index contributed by atoms with van der Waals surface area (Å²) >= 11 is 0. The molecule has 28 heavy (non-hydrogen) atoms. The van der Waals surface area contributed by atoms with Crippen LogP contribution in [0.3, 0.4) is 0 Å². The molecule has 0 radical (unpaired) electrons. The van der Waals surface area contributed by atoms with Gasteiger partial charge in [0, 0.05) is 31.8 Å². The number of amides is 2. The monoisotopic (exact) mass is 382 g/mol. The molecular formula is C22H23FN2O3. The van der Waals surface area contributed by atoms with Crippen LogP contribution in [-0.2, 0) is 4.79 Å². The molecule has 5 nitrogen and oxygen atoms in total. The van der Waals surface area contributed by atoms with E-state index in [4.69, 9.17) is 4.42 Å². The highest BCUT2D eigenvalue weighted by Gasteiger charge is 2.39. The zero-order chi connectivity index (χ0) is 19.5. The first-order valence-electron chi connectivity index (χ1n) is 9.69. The van der Waals surface area contributed by atoms with Gasteiger partial charge in [-0.3, -0.25) is 9.59 Å². The Balaban J connectivity index is 1.42. The Kier molecular flexibility index (Phi) is 5.28. The van der Waals surface area contributed by atoms with Crippen molar-refractivity contribution in [1.29, 1.82) is 0 Å². The molecule has 2 aromatic rings. The van der Waals surface area contributed by atoms with Crippen molar-refractivity contribution < 1.29 is 18.4 Å². The van der Waals surface area contributed by atoms with E-state index in [-0.39, 0.29) is 29.6 Å². The third-order valence-electron chi connectivity index (χ3n) is 5.64. The molecule has 0 N–H and O–H groups in total. The van der Waals surface area contributed by atoms with E-state index in [0.29, 0.717) is 24.4 Å². The van der Waals surface area contributed by atoms with Crippen LogP contribution in [0.15, 0.2) is 53.2 Å². The van der Waals surface area contributed by atoms with Crippen LogP contribution in [0.4, 0.5) is 4.39 Å². The van der Waals surface area contributed by atoms with Crippen LogP contribution in [0.5, 0.6) is 0 Å². The van der Waals surface area contributed by atoms with E-state index in [9.17, 15) is 14.0 Å². The maximum absolute atomic E-state index is 13.3. The largest absolute Gasteiger partial charge is 0.459 e. The summed E-state index contributed by atoms with van der Waals surface area (Å²) in [4.78, 5) is 29.1. The number of hydrogen-bond acceptors (Lipinski definition) is 3. The topological polar surface area (TPSA) is 53.8 Å². The molecule has 2 aliphatic rings. The maximum atomic E-state index is 13.3. The number of benzene rings is 1. The number of likely N-dealkylation sites (tertiary alicyclic amines) is 2. The molecule has 0 unspecified atom stereocenters. The molecule has 0 spiro atoms. The molecule has 3 heterocycles. The molecule has 2 aliphatic heterocycles. The predicted octanol–water partition coefficient (Wildman–Crippen LogP) is 3.59. The molecule has 2 atom stereocenters. The lowest BCUT2D eigenvalue weighted by Gasteiger charge is -2.46. The van der Waals surface area contributed by atoms with Crippen LogP contribution >= 0.6 is 0 Å². The highest BCUT2D eigenvalue weighted by atomic mass is 19.1. The summed E-state index contributed by atoms with van der Waals surface area (Å²) < 4.78 is 18.5. The fraction of sp³-hybridized carbons (Fsp3) is 0.364. The van der Waals surface area contributed by atoms with Gasteiger partial charge < -0.3 is 14.2 Å². The van der Waals surface area contributed by atoms with Gasteiger partial charge in [0.1, 0.15) is 5.82 Å². The summed E-state index contributed by atoms with van der Waals surface area (Å²) in [5.41, 5.74) is 0.667. The Labute approximate surface area is 163 Å². The quantitative estimate of drug-likeness (QED) is 0.763. The highest BCUT2D eigenvalue weighted by molar-refractivity contribution is 5.92. The van der Waals surface area contributed by atoms with E-state index in [2.05, 4.69) is 0 Å². The van der Waals surface area contributed by atoms with Gasteiger partial charge in [0.15, 0.2) is 5.76 Å². The second-order valence-electron chi connectivity index (χ2n) is 7.41. The molecular weight excluding hydrogens is 359 g/mol. The van der Waals surface area contributed by atoms with Crippen molar-refractivity contribution in [3.05, 3.63) is 65.9 Å². The Morgan fingerprint density at radius 2 is 2.04 bits per heavy atom. The molecule has 146 valence electrons. The number of hydrogen-bond donors (Lipinski definition) is 0. The second-order valence-corrected chi connectivity index (χ2v) is 7.41. The smallest absolute Gasteiger partial charge is 0.289 e. The fourth-order valence-electron chi connectivity index (χ4n) is 4.29. The Hall–Kier alpha value is -2.89. The number of fused-ring (bicyclic) bond motifs is 1. The fourth-order valence-corrected chi connectivity index (χ4v) is 4.29. The van der Waals surface area contributed by atoms with Crippen molar-refractivity contribution in [3.63, 3.8) is 0 Å². The predicted molar refractivity (Wildman–Crippen MR) is 103 cm³/mol. The molecule has 0 saturated carbocycles. The molecule has 1 aromatic heterocycles.